The Morgan fingerprint density at radius 3 is 1.78 bits per heavy atom. The summed E-state index contributed by atoms with van der Waals surface area (Å²) in [6.07, 6.45) is 18.3. The summed E-state index contributed by atoms with van der Waals surface area (Å²) in [4.78, 5) is 14.3. The summed E-state index contributed by atoms with van der Waals surface area (Å²) >= 11 is 1.85. The van der Waals surface area contributed by atoms with Crippen LogP contribution >= 0.6 is 11.3 Å². The molecule has 6 heteroatoms. The molecular weight excluding hydrogens is 943 g/mol. The van der Waals surface area contributed by atoms with Crippen LogP contribution in [0.15, 0.2) is 250 Å². The number of nitrogens with zero attached hydrogens (tertiary/aromatic N) is 5. The van der Waals surface area contributed by atoms with E-state index in [1.54, 1.807) is 0 Å². The highest BCUT2D eigenvalue weighted by Crippen LogP contribution is 2.44. The lowest BCUT2D eigenvalue weighted by atomic mass is 9.89. The molecule has 0 amide bonds. The molecule has 0 unspecified atom stereocenters. The number of pyridine rings is 3. The van der Waals surface area contributed by atoms with Gasteiger partial charge in [-0.05, 0) is 174 Å². The Hall–Kier alpha value is -9.49. The maximum absolute atomic E-state index is 4.82. The van der Waals surface area contributed by atoms with Crippen molar-refractivity contribution < 1.29 is 0 Å². The van der Waals surface area contributed by atoms with Gasteiger partial charge in [-0.3, -0.25) is 15.0 Å². The smallest absolute Gasteiger partial charge is 0.0708 e. The van der Waals surface area contributed by atoms with E-state index in [0.29, 0.717) is 0 Å². The summed E-state index contributed by atoms with van der Waals surface area (Å²) in [5, 5.41) is 7.27. The van der Waals surface area contributed by atoms with Crippen molar-refractivity contribution in [1.82, 2.24) is 24.1 Å². The lowest BCUT2D eigenvalue weighted by Crippen LogP contribution is -1.97. The van der Waals surface area contributed by atoms with Crippen LogP contribution in [0.3, 0.4) is 0 Å². The first-order chi connectivity index (χ1) is 37.6. The predicted molar refractivity (Wildman–Crippen MR) is 322 cm³/mol. The fourth-order valence-electron chi connectivity index (χ4n) is 11.7. The summed E-state index contributed by atoms with van der Waals surface area (Å²) in [6, 6.07) is 70.6. The summed E-state index contributed by atoms with van der Waals surface area (Å²) < 4.78 is 7.41. The van der Waals surface area contributed by atoms with Gasteiger partial charge in [0.25, 0.3) is 0 Å². The molecule has 0 saturated heterocycles. The molecule has 14 rings (SSSR count). The molecule has 0 bridgehead atoms. The van der Waals surface area contributed by atoms with Crippen molar-refractivity contribution >= 4 is 97.4 Å². The highest BCUT2D eigenvalue weighted by Gasteiger charge is 2.21. The maximum Gasteiger partial charge on any atom is 0.0708 e. The zero-order valence-corrected chi connectivity index (χ0v) is 42.7. The van der Waals surface area contributed by atoms with Gasteiger partial charge in [0, 0.05) is 82.8 Å². The normalized spacial score (nSPS) is 13.3. The molecule has 76 heavy (non-hydrogen) atoms. The number of hydrogen-bond donors (Lipinski definition) is 0. The first-order valence-electron chi connectivity index (χ1n) is 25.9. The minimum atomic E-state index is 0.888. The van der Waals surface area contributed by atoms with Crippen molar-refractivity contribution in [1.29, 1.82) is 0 Å². The number of para-hydroxylation sites is 1. The van der Waals surface area contributed by atoms with Gasteiger partial charge >= 0.3 is 0 Å². The third-order valence-electron chi connectivity index (χ3n) is 15.1. The number of fused-ring (bicyclic) bond motifs is 9. The number of aromatic nitrogens is 5. The van der Waals surface area contributed by atoms with Gasteiger partial charge in [-0.15, -0.1) is 11.3 Å². The van der Waals surface area contributed by atoms with Crippen LogP contribution < -0.4 is 0 Å². The van der Waals surface area contributed by atoms with Crippen molar-refractivity contribution in [3.63, 3.8) is 0 Å². The van der Waals surface area contributed by atoms with Gasteiger partial charge in [-0.2, -0.15) is 0 Å². The lowest BCUT2D eigenvalue weighted by molar-refractivity contribution is 1.04. The molecule has 6 heterocycles. The quantitative estimate of drug-likeness (QED) is 0.128. The molecule has 13 aromatic rings. The Balaban J connectivity index is 0.945. The standard InChI is InChI=1S/C70H49N5S/c1-3-17-51(50(4-2)62-23-11-14-37-71-62)45-27-33-67-58(41-45)59-42-47(53-19-6-8-21-55(53)64-25-13-16-39-73-64)29-34-68(59)75(67)49-31-36-70-61(44-49)60-43-48(30-35-69(60)76-70)74-65-26-10-9-22-56(65)57-40-46(28-32-66(57)74)52-18-5-7-20-54(52)63-24-12-15-38-72-63/h3-7,9-20,22-44H,2,8,21H2,1H3/b17-3-,51-50-. The Kier molecular flexibility index (Phi) is 11.2. The second kappa shape index (κ2) is 18.8. The van der Waals surface area contributed by atoms with E-state index in [9.17, 15) is 0 Å². The Morgan fingerprint density at radius 2 is 1.09 bits per heavy atom. The number of rotatable bonds is 10. The van der Waals surface area contributed by atoms with E-state index >= 15 is 0 Å². The molecule has 5 nitrogen and oxygen atoms in total. The summed E-state index contributed by atoms with van der Waals surface area (Å²) in [5.74, 6) is 0. The van der Waals surface area contributed by atoms with E-state index < -0.39 is 0 Å². The molecule has 0 fully saturated rings. The van der Waals surface area contributed by atoms with E-state index in [0.717, 1.165) is 80.2 Å². The maximum atomic E-state index is 4.82. The van der Waals surface area contributed by atoms with Gasteiger partial charge in [0.15, 0.2) is 0 Å². The molecule has 0 atom stereocenters. The van der Waals surface area contributed by atoms with Crippen LogP contribution in [0.1, 0.15) is 42.3 Å². The van der Waals surface area contributed by atoms with Crippen molar-refractivity contribution in [2.45, 2.75) is 19.8 Å². The van der Waals surface area contributed by atoms with Gasteiger partial charge in [0.05, 0.1) is 39.1 Å². The van der Waals surface area contributed by atoms with Gasteiger partial charge < -0.3 is 9.13 Å². The Morgan fingerprint density at radius 1 is 0.500 bits per heavy atom. The molecule has 0 spiro atoms. The van der Waals surface area contributed by atoms with Crippen molar-refractivity contribution in [3.8, 4) is 33.8 Å². The molecule has 360 valence electrons. The van der Waals surface area contributed by atoms with Gasteiger partial charge in [0.2, 0.25) is 0 Å². The SMILES string of the molecule is C=C/C(=C(\C=C/C)c1ccc2c(c1)c1cc(C3=C(c4ccccn4)CCC=C3)ccc1n2-c1ccc2sc3ccc(-n4c5ccccc5c5cc(-c6ccccc6-c6ccccn6)ccc54)cc3c2c1)c1ccccn1. The fraction of sp³-hybridized carbons (Fsp3) is 0.0429. The van der Waals surface area contributed by atoms with Crippen molar-refractivity contribution in [2.24, 2.45) is 0 Å². The van der Waals surface area contributed by atoms with Crippen LogP contribution in [0.2, 0.25) is 0 Å². The monoisotopic (exact) mass is 991 g/mol. The van der Waals surface area contributed by atoms with Crippen LogP contribution in [0.4, 0.5) is 0 Å². The summed E-state index contributed by atoms with van der Waals surface area (Å²) in [5.41, 5.74) is 20.1. The highest BCUT2D eigenvalue weighted by molar-refractivity contribution is 7.25. The van der Waals surface area contributed by atoms with E-state index in [4.69, 9.17) is 15.0 Å². The molecule has 6 aromatic heterocycles. The topological polar surface area (TPSA) is 48.5 Å². The van der Waals surface area contributed by atoms with Crippen LogP contribution in [0, 0.1) is 0 Å². The first kappa shape index (κ1) is 45.2. The third kappa shape index (κ3) is 7.56. The molecular formula is C70H49N5S. The van der Waals surface area contributed by atoms with Gasteiger partial charge in [-0.25, -0.2) is 0 Å². The van der Waals surface area contributed by atoms with Gasteiger partial charge in [-0.1, -0.05) is 116 Å². The molecule has 1 aliphatic rings. The average molecular weight is 992 g/mol. The number of benzene rings is 7. The molecule has 0 radical (unpaired) electrons. The molecule has 1 aliphatic carbocycles. The summed E-state index contributed by atoms with van der Waals surface area (Å²) in [6.45, 7) is 6.34. The highest BCUT2D eigenvalue weighted by atomic mass is 32.1. The number of hydrogen-bond acceptors (Lipinski definition) is 4. The minimum Gasteiger partial charge on any atom is -0.309 e. The lowest BCUT2D eigenvalue weighted by Gasteiger charge is -2.16. The van der Waals surface area contributed by atoms with E-state index in [2.05, 4.69) is 217 Å². The third-order valence-corrected chi connectivity index (χ3v) is 16.3. The molecule has 0 saturated carbocycles. The van der Waals surface area contributed by atoms with Crippen LogP contribution in [0.25, 0.3) is 120 Å². The van der Waals surface area contributed by atoms with Crippen molar-refractivity contribution in [2.75, 3.05) is 0 Å². The Bertz CT molecular complexity index is 4590. The molecule has 0 N–H and O–H groups in total. The molecule has 0 aliphatic heterocycles. The zero-order valence-electron chi connectivity index (χ0n) is 41.9. The van der Waals surface area contributed by atoms with Crippen LogP contribution in [-0.2, 0) is 0 Å². The fourth-order valence-corrected chi connectivity index (χ4v) is 12.8. The van der Waals surface area contributed by atoms with Crippen LogP contribution in [0.5, 0.6) is 0 Å². The number of thiophene rings is 1. The first-order valence-corrected chi connectivity index (χ1v) is 26.8. The van der Waals surface area contributed by atoms with E-state index in [1.807, 2.05) is 60.3 Å². The minimum absolute atomic E-state index is 0.888. The Labute approximate surface area is 444 Å². The predicted octanol–water partition coefficient (Wildman–Crippen LogP) is 18.7. The summed E-state index contributed by atoms with van der Waals surface area (Å²) in [7, 11) is 0. The van der Waals surface area contributed by atoms with E-state index in [1.165, 1.54) is 75.0 Å². The zero-order chi connectivity index (χ0) is 50.7. The van der Waals surface area contributed by atoms with Crippen molar-refractivity contribution in [3.05, 3.63) is 272 Å². The second-order valence-corrected chi connectivity index (χ2v) is 20.5. The average Bonchev–Trinajstić information content (AvgIpc) is 4.25. The molecule has 7 aromatic carbocycles. The van der Waals surface area contributed by atoms with Crippen LogP contribution in [-0.4, -0.2) is 24.1 Å². The second-order valence-electron chi connectivity index (χ2n) is 19.4. The number of allylic oxidation sites excluding steroid dienone is 9. The largest absolute Gasteiger partial charge is 0.309 e. The van der Waals surface area contributed by atoms with Gasteiger partial charge in [0.1, 0.15) is 0 Å². The van der Waals surface area contributed by atoms with E-state index in [-0.39, 0.29) is 0 Å².